The van der Waals surface area contributed by atoms with E-state index in [1.807, 2.05) is 0 Å². The van der Waals surface area contributed by atoms with Crippen LogP contribution in [-0.2, 0) is 16.0 Å². The van der Waals surface area contributed by atoms with Crippen LogP contribution in [-0.4, -0.2) is 17.0 Å². The van der Waals surface area contributed by atoms with Gasteiger partial charge in [-0.15, -0.1) is 4.99 Å². The number of nitrogens with zero attached hydrogens (tertiary/aromatic N) is 2. The standard InChI is InChI=1S/C8H6N2O2/c11-6-10-8(12)4-7-2-1-3-9-5-7/h1-3,5H,4H2. The number of pyridine rings is 1. The van der Waals surface area contributed by atoms with E-state index in [1.165, 1.54) is 6.08 Å². The van der Waals surface area contributed by atoms with Gasteiger partial charge in [0.1, 0.15) is 0 Å². The van der Waals surface area contributed by atoms with Gasteiger partial charge >= 0.3 is 0 Å². The topological polar surface area (TPSA) is 59.4 Å². The molecule has 4 nitrogen and oxygen atoms in total. The van der Waals surface area contributed by atoms with E-state index in [9.17, 15) is 9.59 Å². The summed E-state index contributed by atoms with van der Waals surface area (Å²) in [6, 6.07) is 3.46. The molecule has 1 amide bonds. The van der Waals surface area contributed by atoms with Crippen LogP contribution in [0.25, 0.3) is 0 Å². The fraction of sp³-hybridized carbons (Fsp3) is 0.125. The number of carbonyl (C=O) groups is 1. The van der Waals surface area contributed by atoms with Gasteiger partial charge in [0, 0.05) is 12.4 Å². The number of rotatable bonds is 2. The average Bonchev–Trinajstić information content (AvgIpc) is 2.06. The Balaban J connectivity index is 2.64. The van der Waals surface area contributed by atoms with Gasteiger partial charge in [0.15, 0.2) is 0 Å². The van der Waals surface area contributed by atoms with Crippen molar-refractivity contribution < 1.29 is 9.59 Å². The minimum absolute atomic E-state index is 0.100. The molecular formula is C8H6N2O2. The van der Waals surface area contributed by atoms with E-state index in [0.29, 0.717) is 0 Å². The van der Waals surface area contributed by atoms with Crippen LogP contribution in [0.2, 0.25) is 0 Å². The van der Waals surface area contributed by atoms with E-state index >= 15 is 0 Å². The van der Waals surface area contributed by atoms with Gasteiger partial charge in [-0.1, -0.05) is 6.07 Å². The molecule has 0 aromatic carbocycles. The number of hydrogen-bond donors (Lipinski definition) is 0. The third kappa shape index (κ3) is 2.44. The second kappa shape index (κ2) is 4.16. The van der Waals surface area contributed by atoms with Crippen molar-refractivity contribution in [3.05, 3.63) is 30.1 Å². The number of hydrogen-bond acceptors (Lipinski definition) is 3. The summed E-state index contributed by atoms with van der Waals surface area (Å²) in [6.07, 6.45) is 4.45. The lowest BCUT2D eigenvalue weighted by Crippen LogP contribution is -1.98. The van der Waals surface area contributed by atoms with E-state index in [0.717, 1.165) is 5.56 Å². The number of amides is 1. The predicted octanol–water partition coefficient (Wildman–Crippen LogP) is 0.486. The molecule has 60 valence electrons. The lowest BCUT2D eigenvalue weighted by Gasteiger charge is -1.92. The van der Waals surface area contributed by atoms with Crippen LogP contribution in [0.3, 0.4) is 0 Å². The molecule has 0 spiro atoms. The number of aliphatic imine (C=N–C) groups is 1. The van der Waals surface area contributed by atoms with Crippen molar-refractivity contribution in [3.63, 3.8) is 0 Å². The SMILES string of the molecule is O=C=NC(=O)Cc1cccnc1. The third-order valence-corrected chi connectivity index (χ3v) is 1.25. The summed E-state index contributed by atoms with van der Waals surface area (Å²) in [5.41, 5.74) is 0.738. The lowest BCUT2D eigenvalue weighted by atomic mass is 10.2. The van der Waals surface area contributed by atoms with Crippen LogP contribution in [0, 0.1) is 0 Å². The van der Waals surface area contributed by atoms with Crippen molar-refractivity contribution in [2.75, 3.05) is 0 Å². The highest BCUT2D eigenvalue weighted by molar-refractivity contribution is 5.83. The third-order valence-electron chi connectivity index (χ3n) is 1.25. The van der Waals surface area contributed by atoms with Crippen LogP contribution in [0.1, 0.15) is 5.56 Å². The highest BCUT2D eigenvalue weighted by atomic mass is 16.2. The number of isocyanates is 1. The van der Waals surface area contributed by atoms with Gasteiger partial charge in [-0.3, -0.25) is 9.78 Å². The molecule has 4 heteroatoms. The molecule has 12 heavy (non-hydrogen) atoms. The van der Waals surface area contributed by atoms with E-state index in [-0.39, 0.29) is 6.42 Å². The maximum atomic E-state index is 10.8. The zero-order chi connectivity index (χ0) is 8.81. The molecule has 1 heterocycles. The molecule has 1 aromatic rings. The molecule has 0 N–H and O–H groups in total. The van der Waals surface area contributed by atoms with E-state index in [1.54, 1.807) is 24.5 Å². The van der Waals surface area contributed by atoms with E-state index in [4.69, 9.17) is 0 Å². The first-order valence-corrected chi connectivity index (χ1v) is 3.32. The lowest BCUT2D eigenvalue weighted by molar-refractivity contribution is -0.117. The van der Waals surface area contributed by atoms with Crippen LogP contribution in [0.15, 0.2) is 29.5 Å². The Labute approximate surface area is 69.0 Å². The van der Waals surface area contributed by atoms with Crippen LogP contribution < -0.4 is 0 Å². The van der Waals surface area contributed by atoms with Gasteiger partial charge in [0.25, 0.3) is 5.91 Å². The molecule has 0 saturated heterocycles. The molecule has 0 fully saturated rings. The summed E-state index contributed by atoms with van der Waals surface area (Å²) >= 11 is 0. The Morgan fingerprint density at radius 2 is 2.50 bits per heavy atom. The molecule has 1 rings (SSSR count). The number of aromatic nitrogens is 1. The van der Waals surface area contributed by atoms with Gasteiger partial charge in [-0.2, -0.15) is 0 Å². The fourth-order valence-corrected chi connectivity index (χ4v) is 0.768. The highest BCUT2D eigenvalue weighted by Crippen LogP contribution is 1.97. The molecule has 0 bridgehead atoms. The maximum Gasteiger partial charge on any atom is 0.260 e. The normalized spacial score (nSPS) is 8.67. The zero-order valence-electron chi connectivity index (χ0n) is 6.23. The quantitative estimate of drug-likeness (QED) is 0.469. The molecule has 0 aliphatic heterocycles. The molecule has 0 aliphatic carbocycles. The van der Waals surface area contributed by atoms with E-state index < -0.39 is 5.91 Å². The smallest absolute Gasteiger partial charge is 0.260 e. The van der Waals surface area contributed by atoms with Gasteiger partial charge in [-0.05, 0) is 11.6 Å². The van der Waals surface area contributed by atoms with Gasteiger partial charge in [-0.25, -0.2) is 4.79 Å². The second-order valence-electron chi connectivity index (χ2n) is 2.13. The predicted molar refractivity (Wildman–Crippen MR) is 41.1 cm³/mol. The minimum atomic E-state index is -0.502. The Hall–Kier alpha value is -1.80. The van der Waals surface area contributed by atoms with Crippen molar-refractivity contribution in [1.29, 1.82) is 0 Å². The van der Waals surface area contributed by atoms with Crippen molar-refractivity contribution in [3.8, 4) is 0 Å². The van der Waals surface area contributed by atoms with Crippen molar-refractivity contribution in [1.82, 2.24) is 4.98 Å². The zero-order valence-corrected chi connectivity index (χ0v) is 6.23. The molecule has 0 radical (unpaired) electrons. The largest absolute Gasteiger partial charge is 0.271 e. The maximum absolute atomic E-state index is 10.8. The molecular weight excluding hydrogens is 156 g/mol. The summed E-state index contributed by atoms with van der Waals surface area (Å²) in [7, 11) is 0. The summed E-state index contributed by atoms with van der Waals surface area (Å²) < 4.78 is 0. The first kappa shape index (κ1) is 8.30. The highest BCUT2D eigenvalue weighted by Gasteiger charge is 1.99. The van der Waals surface area contributed by atoms with Gasteiger partial charge in [0.05, 0.1) is 6.42 Å². The summed E-state index contributed by atoms with van der Waals surface area (Å²) in [5, 5.41) is 0. The van der Waals surface area contributed by atoms with Crippen LogP contribution in [0.4, 0.5) is 0 Å². The Morgan fingerprint density at radius 1 is 1.67 bits per heavy atom. The molecule has 0 atom stereocenters. The summed E-state index contributed by atoms with van der Waals surface area (Å²) in [4.78, 5) is 27.2. The van der Waals surface area contributed by atoms with Crippen molar-refractivity contribution >= 4 is 12.0 Å². The van der Waals surface area contributed by atoms with Crippen molar-refractivity contribution in [2.24, 2.45) is 4.99 Å². The Bertz CT molecular complexity index is 315. The summed E-state index contributed by atoms with van der Waals surface area (Å²) in [5.74, 6) is -0.502. The van der Waals surface area contributed by atoms with Gasteiger partial charge < -0.3 is 0 Å². The van der Waals surface area contributed by atoms with E-state index in [2.05, 4.69) is 9.98 Å². The van der Waals surface area contributed by atoms with Gasteiger partial charge in [0.2, 0.25) is 6.08 Å². The van der Waals surface area contributed by atoms with Crippen LogP contribution >= 0.6 is 0 Å². The second-order valence-corrected chi connectivity index (χ2v) is 2.13. The first-order chi connectivity index (χ1) is 5.83. The summed E-state index contributed by atoms with van der Waals surface area (Å²) in [6.45, 7) is 0. The molecule has 0 saturated carbocycles. The minimum Gasteiger partial charge on any atom is -0.271 e. The average molecular weight is 162 g/mol. The fourth-order valence-electron chi connectivity index (χ4n) is 0.768. The monoisotopic (exact) mass is 162 g/mol. The first-order valence-electron chi connectivity index (χ1n) is 3.32. The van der Waals surface area contributed by atoms with Crippen molar-refractivity contribution in [2.45, 2.75) is 6.42 Å². The van der Waals surface area contributed by atoms with Crippen LogP contribution in [0.5, 0.6) is 0 Å². The Kier molecular flexibility index (Phi) is 2.87. The Morgan fingerprint density at radius 3 is 3.08 bits per heavy atom. The molecule has 0 aliphatic rings. The number of carbonyl (C=O) groups excluding carboxylic acids is 2. The molecule has 1 aromatic heterocycles. The molecule has 0 unspecified atom stereocenters.